The first-order chi connectivity index (χ1) is 9.44. The van der Waals surface area contributed by atoms with Crippen molar-refractivity contribution in [2.75, 3.05) is 7.11 Å². The van der Waals surface area contributed by atoms with E-state index in [0.29, 0.717) is 0 Å². The number of aromatic nitrogens is 1. The molecule has 0 atom stereocenters. The SMILES string of the molecule is COc1ccc(Cc2nc(C(C)(C)C)c(CO)s2)cc1. The quantitative estimate of drug-likeness (QED) is 0.937. The van der Waals surface area contributed by atoms with Crippen molar-refractivity contribution in [3.05, 3.63) is 45.4 Å². The summed E-state index contributed by atoms with van der Waals surface area (Å²) in [6.07, 6.45) is 0.789. The zero-order chi connectivity index (χ0) is 14.8. The van der Waals surface area contributed by atoms with E-state index in [-0.39, 0.29) is 12.0 Å². The van der Waals surface area contributed by atoms with E-state index >= 15 is 0 Å². The summed E-state index contributed by atoms with van der Waals surface area (Å²) >= 11 is 1.60. The molecule has 2 rings (SSSR count). The second-order valence-corrected chi connectivity index (χ2v) is 6.98. The van der Waals surface area contributed by atoms with E-state index < -0.39 is 0 Å². The van der Waals surface area contributed by atoms with E-state index in [9.17, 15) is 5.11 Å². The molecule has 1 N–H and O–H groups in total. The number of hydrogen-bond acceptors (Lipinski definition) is 4. The van der Waals surface area contributed by atoms with Gasteiger partial charge in [-0.15, -0.1) is 11.3 Å². The third kappa shape index (κ3) is 3.38. The molecule has 1 aromatic carbocycles. The number of ether oxygens (including phenoxy) is 1. The zero-order valence-electron chi connectivity index (χ0n) is 12.4. The lowest BCUT2D eigenvalue weighted by Gasteiger charge is -2.16. The molecule has 0 aliphatic carbocycles. The molecule has 0 spiro atoms. The highest BCUT2D eigenvalue weighted by Crippen LogP contribution is 2.30. The molecule has 0 aliphatic rings. The van der Waals surface area contributed by atoms with Gasteiger partial charge in [-0.1, -0.05) is 32.9 Å². The summed E-state index contributed by atoms with van der Waals surface area (Å²) in [5.41, 5.74) is 2.17. The number of methoxy groups -OCH3 is 1. The number of hydrogen-bond donors (Lipinski definition) is 1. The van der Waals surface area contributed by atoms with Gasteiger partial charge in [0.1, 0.15) is 5.75 Å². The van der Waals surface area contributed by atoms with E-state index in [1.807, 2.05) is 12.1 Å². The van der Waals surface area contributed by atoms with Crippen molar-refractivity contribution in [2.45, 2.75) is 39.2 Å². The minimum Gasteiger partial charge on any atom is -0.497 e. The van der Waals surface area contributed by atoms with E-state index in [1.165, 1.54) is 5.56 Å². The van der Waals surface area contributed by atoms with Gasteiger partial charge in [0.05, 0.1) is 29.3 Å². The maximum atomic E-state index is 9.48. The number of thiazole rings is 1. The molecule has 0 bridgehead atoms. The molecule has 1 heterocycles. The van der Waals surface area contributed by atoms with Gasteiger partial charge in [-0.3, -0.25) is 0 Å². The summed E-state index contributed by atoms with van der Waals surface area (Å²) in [6.45, 7) is 6.43. The smallest absolute Gasteiger partial charge is 0.118 e. The predicted molar refractivity (Wildman–Crippen MR) is 82.5 cm³/mol. The van der Waals surface area contributed by atoms with Gasteiger partial charge in [0.2, 0.25) is 0 Å². The van der Waals surface area contributed by atoms with Gasteiger partial charge in [-0.25, -0.2) is 4.98 Å². The van der Waals surface area contributed by atoms with E-state index in [4.69, 9.17) is 9.72 Å². The Bertz CT molecular complexity index is 567. The fraction of sp³-hybridized carbons (Fsp3) is 0.438. The Labute approximate surface area is 124 Å². The Balaban J connectivity index is 2.23. The van der Waals surface area contributed by atoms with Crippen LogP contribution in [0.4, 0.5) is 0 Å². The van der Waals surface area contributed by atoms with Crippen molar-refractivity contribution in [2.24, 2.45) is 0 Å². The summed E-state index contributed by atoms with van der Waals surface area (Å²) in [4.78, 5) is 5.69. The molecule has 0 unspecified atom stereocenters. The highest BCUT2D eigenvalue weighted by Gasteiger charge is 2.22. The van der Waals surface area contributed by atoms with Crippen LogP contribution in [0.25, 0.3) is 0 Å². The van der Waals surface area contributed by atoms with Crippen LogP contribution in [0.15, 0.2) is 24.3 Å². The zero-order valence-corrected chi connectivity index (χ0v) is 13.3. The molecule has 0 amide bonds. The van der Waals surface area contributed by atoms with Crippen molar-refractivity contribution in [1.29, 1.82) is 0 Å². The molecule has 108 valence electrons. The molecule has 0 radical (unpaired) electrons. The predicted octanol–water partition coefficient (Wildman–Crippen LogP) is 3.53. The Morgan fingerprint density at radius 3 is 2.30 bits per heavy atom. The maximum Gasteiger partial charge on any atom is 0.118 e. The molecular weight excluding hydrogens is 270 g/mol. The Hall–Kier alpha value is -1.39. The van der Waals surface area contributed by atoms with Crippen LogP contribution in [0.2, 0.25) is 0 Å². The van der Waals surface area contributed by atoms with Crippen LogP contribution in [-0.2, 0) is 18.4 Å². The van der Waals surface area contributed by atoms with Crippen LogP contribution >= 0.6 is 11.3 Å². The third-order valence-electron chi connectivity index (χ3n) is 3.11. The lowest BCUT2D eigenvalue weighted by atomic mass is 9.91. The fourth-order valence-electron chi connectivity index (χ4n) is 2.09. The molecule has 0 saturated carbocycles. The van der Waals surface area contributed by atoms with Crippen LogP contribution in [0.1, 0.15) is 41.9 Å². The van der Waals surface area contributed by atoms with Crippen LogP contribution in [-0.4, -0.2) is 17.2 Å². The van der Waals surface area contributed by atoms with Gasteiger partial charge >= 0.3 is 0 Å². The molecule has 3 nitrogen and oxygen atoms in total. The van der Waals surface area contributed by atoms with Gasteiger partial charge in [0.25, 0.3) is 0 Å². The van der Waals surface area contributed by atoms with Gasteiger partial charge in [-0.2, -0.15) is 0 Å². The lowest BCUT2D eigenvalue weighted by molar-refractivity contribution is 0.282. The van der Waals surface area contributed by atoms with Crippen molar-refractivity contribution in [3.8, 4) is 5.75 Å². The Kier molecular flexibility index (Phi) is 4.45. The van der Waals surface area contributed by atoms with E-state index in [2.05, 4.69) is 32.9 Å². The molecular formula is C16H21NO2S. The van der Waals surface area contributed by atoms with Gasteiger partial charge in [-0.05, 0) is 17.7 Å². The Morgan fingerprint density at radius 1 is 1.20 bits per heavy atom. The number of nitrogens with zero attached hydrogens (tertiary/aromatic N) is 1. The normalized spacial score (nSPS) is 11.7. The van der Waals surface area contributed by atoms with Crippen molar-refractivity contribution < 1.29 is 9.84 Å². The number of rotatable bonds is 4. The minimum atomic E-state index is -0.0350. The van der Waals surface area contributed by atoms with Crippen LogP contribution in [0, 0.1) is 0 Å². The maximum absolute atomic E-state index is 9.48. The van der Waals surface area contributed by atoms with E-state index in [1.54, 1.807) is 18.4 Å². The highest BCUT2D eigenvalue weighted by atomic mass is 32.1. The van der Waals surface area contributed by atoms with Gasteiger partial charge < -0.3 is 9.84 Å². The number of benzene rings is 1. The third-order valence-corrected chi connectivity index (χ3v) is 4.15. The molecule has 0 fully saturated rings. The number of aliphatic hydroxyl groups is 1. The van der Waals surface area contributed by atoms with Crippen LogP contribution in [0.5, 0.6) is 5.75 Å². The number of aliphatic hydroxyl groups excluding tert-OH is 1. The average molecular weight is 291 g/mol. The fourth-order valence-corrected chi connectivity index (χ4v) is 3.26. The summed E-state index contributed by atoms with van der Waals surface area (Å²) in [5.74, 6) is 0.860. The molecule has 1 aromatic heterocycles. The van der Waals surface area contributed by atoms with Gasteiger partial charge in [0.15, 0.2) is 0 Å². The standard InChI is InChI=1S/C16H21NO2S/c1-16(2,3)15-13(10-18)20-14(17-15)9-11-5-7-12(19-4)8-6-11/h5-8,18H,9-10H2,1-4H3. The first kappa shape index (κ1) is 15.0. The second kappa shape index (κ2) is 5.94. The first-order valence-corrected chi connectivity index (χ1v) is 7.48. The Morgan fingerprint density at radius 2 is 1.85 bits per heavy atom. The van der Waals surface area contributed by atoms with Crippen LogP contribution < -0.4 is 4.74 Å². The summed E-state index contributed by atoms with van der Waals surface area (Å²) < 4.78 is 5.16. The van der Waals surface area contributed by atoms with Crippen LogP contribution in [0.3, 0.4) is 0 Å². The summed E-state index contributed by atoms with van der Waals surface area (Å²) in [6, 6.07) is 8.02. The van der Waals surface area contributed by atoms with Crippen molar-refractivity contribution in [3.63, 3.8) is 0 Å². The lowest BCUT2D eigenvalue weighted by Crippen LogP contribution is -2.14. The largest absolute Gasteiger partial charge is 0.497 e. The molecule has 2 aromatic rings. The average Bonchev–Trinajstić information content (AvgIpc) is 2.83. The highest BCUT2D eigenvalue weighted by molar-refractivity contribution is 7.11. The van der Waals surface area contributed by atoms with E-state index in [0.717, 1.165) is 27.7 Å². The minimum absolute atomic E-state index is 0.0350. The summed E-state index contributed by atoms with van der Waals surface area (Å²) in [7, 11) is 1.67. The molecule has 0 saturated heterocycles. The summed E-state index contributed by atoms with van der Waals surface area (Å²) in [5, 5.41) is 10.5. The molecule has 0 aliphatic heterocycles. The molecule has 4 heteroatoms. The monoisotopic (exact) mass is 291 g/mol. The van der Waals surface area contributed by atoms with Crippen molar-refractivity contribution >= 4 is 11.3 Å². The van der Waals surface area contributed by atoms with Crippen molar-refractivity contribution in [1.82, 2.24) is 4.98 Å². The second-order valence-electron chi connectivity index (χ2n) is 5.81. The van der Waals surface area contributed by atoms with Gasteiger partial charge in [0, 0.05) is 11.8 Å². The molecule has 20 heavy (non-hydrogen) atoms. The first-order valence-electron chi connectivity index (χ1n) is 6.67. The topological polar surface area (TPSA) is 42.4 Å².